The van der Waals surface area contributed by atoms with Crippen molar-refractivity contribution in [1.29, 1.82) is 0 Å². The predicted octanol–water partition coefficient (Wildman–Crippen LogP) is 3.25. The molecular formula is C13H17N3OS2. The number of hydrogen-bond acceptors (Lipinski definition) is 5. The lowest BCUT2D eigenvalue weighted by molar-refractivity contribution is -0.116. The topological polar surface area (TPSA) is 68.0 Å². The molecule has 1 unspecified atom stereocenters. The van der Waals surface area contributed by atoms with Gasteiger partial charge in [0.2, 0.25) is 5.91 Å². The molecule has 4 nitrogen and oxygen atoms in total. The van der Waals surface area contributed by atoms with Crippen molar-refractivity contribution >= 4 is 33.7 Å². The highest BCUT2D eigenvalue weighted by atomic mass is 32.1. The highest BCUT2D eigenvalue weighted by Gasteiger charge is 2.09. The van der Waals surface area contributed by atoms with Crippen molar-refractivity contribution in [3.05, 3.63) is 22.4 Å². The van der Waals surface area contributed by atoms with Gasteiger partial charge in [-0.25, -0.2) is 4.98 Å². The number of anilines is 1. The van der Waals surface area contributed by atoms with Crippen LogP contribution in [0.4, 0.5) is 5.13 Å². The molecule has 2 aromatic rings. The highest BCUT2D eigenvalue weighted by molar-refractivity contribution is 7.17. The van der Waals surface area contributed by atoms with E-state index < -0.39 is 0 Å². The summed E-state index contributed by atoms with van der Waals surface area (Å²) >= 11 is 3.15. The molecule has 1 amide bonds. The van der Waals surface area contributed by atoms with Crippen LogP contribution in [0.5, 0.6) is 0 Å². The van der Waals surface area contributed by atoms with Gasteiger partial charge in [0.1, 0.15) is 0 Å². The van der Waals surface area contributed by atoms with Gasteiger partial charge >= 0.3 is 0 Å². The van der Waals surface area contributed by atoms with Crippen molar-refractivity contribution in [3.63, 3.8) is 0 Å². The van der Waals surface area contributed by atoms with E-state index >= 15 is 0 Å². The number of amides is 1. The van der Waals surface area contributed by atoms with Crippen LogP contribution < -0.4 is 11.1 Å². The van der Waals surface area contributed by atoms with Crippen molar-refractivity contribution in [1.82, 2.24) is 4.98 Å². The van der Waals surface area contributed by atoms with Crippen LogP contribution in [0.3, 0.4) is 0 Å². The maximum Gasteiger partial charge on any atom is 0.226 e. The lowest BCUT2D eigenvalue weighted by atomic mass is 10.2. The van der Waals surface area contributed by atoms with Crippen LogP contribution in [0, 0.1) is 6.92 Å². The molecule has 0 aliphatic heterocycles. The number of carbonyl (C=O) groups is 1. The Morgan fingerprint density at radius 3 is 2.95 bits per heavy atom. The van der Waals surface area contributed by atoms with Gasteiger partial charge in [0.15, 0.2) is 5.13 Å². The molecule has 0 saturated heterocycles. The number of aryl methyl sites for hydroxylation is 1. The second-order valence-electron chi connectivity index (χ2n) is 4.51. The minimum Gasteiger partial charge on any atom is -0.328 e. The number of thiophene rings is 1. The first-order valence-corrected chi connectivity index (χ1v) is 7.82. The van der Waals surface area contributed by atoms with Crippen molar-refractivity contribution in [3.8, 4) is 10.6 Å². The molecule has 0 bridgehead atoms. The molecule has 0 spiro atoms. The van der Waals surface area contributed by atoms with Gasteiger partial charge in [0.05, 0.1) is 10.6 Å². The third-order valence-corrected chi connectivity index (χ3v) is 4.35. The summed E-state index contributed by atoms with van der Waals surface area (Å²) in [6.07, 6.45) is 1.12. The Labute approximate surface area is 120 Å². The van der Waals surface area contributed by atoms with E-state index in [1.54, 1.807) is 11.3 Å². The first kappa shape index (κ1) is 14.2. The van der Waals surface area contributed by atoms with Crippen LogP contribution in [0.1, 0.15) is 24.6 Å². The maximum atomic E-state index is 11.7. The summed E-state index contributed by atoms with van der Waals surface area (Å²) in [7, 11) is 0. The van der Waals surface area contributed by atoms with Gasteiger partial charge in [-0.1, -0.05) is 0 Å². The minimum absolute atomic E-state index is 0.0273. The van der Waals surface area contributed by atoms with Crippen LogP contribution in [0.2, 0.25) is 0 Å². The van der Waals surface area contributed by atoms with E-state index in [0.29, 0.717) is 18.0 Å². The minimum atomic E-state index is -0.0273. The van der Waals surface area contributed by atoms with Gasteiger partial charge in [0, 0.05) is 22.7 Å². The summed E-state index contributed by atoms with van der Waals surface area (Å²) < 4.78 is 0. The van der Waals surface area contributed by atoms with Crippen LogP contribution >= 0.6 is 22.7 Å². The molecule has 0 fully saturated rings. The van der Waals surface area contributed by atoms with Gasteiger partial charge in [-0.15, -0.1) is 22.7 Å². The standard InChI is InChI=1S/C13H17N3OS2/c1-8(14)3-6-12(17)16-13-15-10(7-18-13)11-5-4-9(2)19-11/h4-5,7-8H,3,6,14H2,1-2H3,(H,15,16,17). The Bertz CT molecular complexity index is 560. The van der Waals surface area contributed by atoms with Crippen LogP contribution in [-0.4, -0.2) is 16.9 Å². The summed E-state index contributed by atoms with van der Waals surface area (Å²) in [5, 5.41) is 5.43. The molecule has 19 heavy (non-hydrogen) atoms. The number of nitrogens with one attached hydrogen (secondary N) is 1. The Hall–Kier alpha value is -1.24. The first-order valence-electron chi connectivity index (χ1n) is 6.12. The Morgan fingerprint density at radius 1 is 1.53 bits per heavy atom. The van der Waals surface area contributed by atoms with Crippen LogP contribution in [-0.2, 0) is 4.79 Å². The number of carbonyl (C=O) groups excluding carboxylic acids is 1. The molecule has 6 heteroatoms. The zero-order valence-corrected chi connectivity index (χ0v) is 12.6. The summed E-state index contributed by atoms with van der Waals surface area (Å²) in [5.74, 6) is -0.0273. The van der Waals surface area contributed by atoms with E-state index in [2.05, 4.69) is 29.4 Å². The van der Waals surface area contributed by atoms with Crippen molar-refractivity contribution in [2.75, 3.05) is 5.32 Å². The Kier molecular flexibility index (Phi) is 4.68. The highest BCUT2D eigenvalue weighted by Crippen LogP contribution is 2.30. The molecule has 0 aliphatic rings. The second-order valence-corrected chi connectivity index (χ2v) is 6.66. The predicted molar refractivity (Wildman–Crippen MR) is 81.7 cm³/mol. The molecule has 102 valence electrons. The number of aromatic nitrogens is 1. The maximum absolute atomic E-state index is 11.7. The molecule has 2 aromatic heterocycles. The zero-order chi connectivity index (χ0) is 13.8. The van der Waals surface area contributed by atoms with Crippen molar-refractivity contribution in [2.45, 2.75) is 32.7 Å². The van der Waals surface area contributed by atoms with Gasteiger partial charge in [-0.05, 0) is 32.4 Å². The summed E-state index contributed by atoms with van der Waals surface area (Å²) in [6, 6.07) is 4.17. The van der Waals surface area contributed by atoms with Gasteiger partial charge in [-0.2, -0.15) is 0 Å². The molecule has 1 atom stereocenters. The quantitative estimate of drug-likeness (QED) is 0.889. The van der Waals surface area contributed by atoms with E-state index in [9.17, 15) is 4.79 Å². The summed E-state index contributed by atoms with van der Waals surface area (Å²) in [5.41, 5.74) is 6.55. The largest absolute Gasteiger partial charge is 0.328 e. The average molecular weight is 295 g/mol. The molecule has 0 saturated carbocycles. The third-order valence-electron chi connectivity index (χ3n) is 2.57. The average Bonchev–Trinajstić information content (AvgIpc) is 2.95. The molecule has 0 aliphatic carbocycles. The van der Waals surface area contributed by atoms with Crippen molar-refractivity contribution in [2.24, 2.45) is 5.73 Å². The monoisotopic (exact) mass is 295 g/mol. The molecule has 3 N–H and O–H groups in total. The van der Waals surface area contributed by atoms with Crippen molar-refractivity contribution < 1.29 is 4.79 Å². The lowest BCUT2D eigenvalue weighted by Crippen LogP contribution is -2.19. The number of thiazole rings is 1. The van der Waals surface area contributed by atoms with Crippen LogP contribution in [0.25, 0.3) is 10.6 Å². The fraction of sp³-hybridized carbons (Fsp3) is 0.385. The normalized spacial score (nSPS) is 12.4. The number of nitrogens with zero attached hydrogens (tertiary/aromatic N) is 1. The smallest absolute Gasteiger partial charge is 0.226 e. The number of hydrogen-bond donors (Lipinski definition) is 2. The number of nitrogens with two attached hydrogens (primary N) is 1. The molecular weight excluding hydrogens is 278 g/mol. The fourth-order valence-corrected chi connectivity index (χ4v) is 3.19. The SMILES string of the molecule is Cc1ccc(-c2csc(NC(=O)CCC(C)N)n2)s1. The zero-order valence-electron chi connectivity index (χ0n) is 11.0. The summed E-state index contributed by atoms with van der Waals surface area (Å²) in [6.45, 7) is 3.96. The van der Waals surface area contributed by atoms with E-state index in [0.717, 1.165) is 10.6 Å². The lowest BCUT2D eigenvalue weighted by Gasteiger charge is -2.04. The van der Waals surface area contributed by atoms with E-state index in [-0.39, 0.29) is 11.9 Å². The molecule has 0 aromatic carbocycles. The molecule has 2 rings (SSSR count). The van der Waals surface area contributed by atoms with Crippen LogP contribution in [0.15, 0.2) is 17.5 Å². The van der Waals surface area contributed by atoms with E-state index in [1.807, 2.05) is 12.3 Å². The number of rotatable bonds is 5. The third kappa shape index (κ3) is 4.12. The fourth-order valence-electron chi connectivity index (χ4n) is 1.56. The van der Waals surface area contributed by atoms with E-state index in [1.165, 1.54) is 16.2 Å². The first-order chi connectivity index (χ1) is 9.04. The van der Waals surface area contributed by atoms with Gasteiger partial charge in [-0.3, -0.25) is 4.79 Å². The summed E-state index contributed by atoms with van der Waals surface area (Å²) in [4.78, 5) is 18.5. The molecule has 2 heterocycles. The second kappa shape index (κ2) is 6.27. The Balaban J connectivity index is 1.96. The Morgan fingerprint density at radius 2 is 2.32 bits per heavy atom. The molecule has 0 radical (unpaired) electrons. The van der Waals surface area contributed by atoms with E-state index in [4.69, 9.17) is 5.73 Å². The van der Waals surface area contributed by atoms with Gasteiger partial charge < -0.3 is 11.1 Å². The van der Waals surface area contributed by atoms with Gasteiger partial charge in [0.25, 0.3) is 0 Å².